The van der Waals surface area contributed by atoms with Crippen molar-refractivity contribution in [2.24, 2.45) is 0 Å². The molecular formula is C19H18FN3O. The first kappa shape index (κ1) is 15.0. The first-order chi connectivity index (χ1) is 11.6. The molecule has 0 aliphatic carbocycles. The Morgan fingerprint density at radius 2 is 1.88 bits per heavy atom. The number of likely N-dealkylation sites (N-methyl/N-ethyl adjacent to an activating group) is 1. The fraction of sp³-hybridized carbons (Fsp3) is 0.263. The highest BCUT2D eigenvalue weighted by atomic mass is 19.1. The largest absolute Gasteiger partial charge is 0.304 e. The second-order valence-electron chi connectivity index (χ2n) is 6.28. The number of benzene rings is 2. The topological polar surface area (TPSA) is 38.1 Å². The summed E-state index contributed by atoms with van der Waals surface area (Å²) in [7, 11) is 2.05. The summed E-state index contributed by atoms with van der Waals surface area (Å²) in [5.41, 5.74) is 2.34. The summed E-state index contributed by atoms with van der Waals surface area (Å²) < 4.78 is 15.2. The second kappa shape index (κ2) is 5.83. The zero-order chi connectivity index (χ0) is 16.7. The van der Waals surface area contributed by atoms with Gasteiger partial charge in [-0.1, -0.05) is 18.2 Å². The normalized spacial score (nSPS) is 15.2. The van der Waals surface area contributed by atoms with Crippen LogP contribution < -0.4 is 5.56 Å². The highest BCUT2D eigenvalue weighted by Crippen LogP contribution is 2.23. The van der Waals surface area contributed by atoms with E-state index >= 15 is 0 Å². The Morgan fingerprint density at radius 1 is 1.04 bits per heavy atom. The molecule has 122 valence electrons. The zero-order valence-corrected chi connectivity index (χ0v) is 13.5. The maximum absolute atomic E-state index is 13.5. The van der Waals surface area contributed by atoms with E-state index in [0.29, 0.717) is 17.4 Å². The molecule has 24 heavy (non-hydrogen) atoms. The summed E-state index contributed by atoms with van der Waals surface area (Å²) >= 11 is 0. The fourth-order valence-electron chi connectivity index (χ4n) is 3.21. The van der Waals surface area contributed by atoms with Crippen LogP contribution in [0.4, 0.5) is 4.39 Å². The molecule has 4 rings (SSSR count). The molecule has 0 spiro atoms. The Balaban J connectivity index is 1.88. The van der Waals surface area contributed by atoms with Crippen LogP contribution in [0, 0.1) is 5.82 Å². The van der Waals surface area contributed by atoms with Gasteiger partial charge in [-0.3, -0.25) is 9.36 Å². The van der Waals surface area contributed by atoms with E-state index in [1.54, 1.807) is 16.7 Å². The Hall–Kier alpha value is -2.53. The van der Waals surface area contributed by atoms with Crippen molar-refractivity contribution in [2.75, 3.05) is 20.1 Å². The average Bonchev–Trinajstić information content (AvgIpc) is 2.77. The van der Waals surface area contributed by atoms with Gasteiger partial charge in [-0.05, 0) is 42.4 Å². The third kappa shape index (κ3) is 2.61. The number of nitrogens with zero attached hydrogens (tertiary/aromatic N) is 3. The van der Waals surface area contributed by atoms with Gasteiger partial charge in [-0.2, -0.15) is 0 Å². The van der Waals surface area contributed by atoms with Crippen molar-refractivity contribution >= 4 is 10.9 Å². The maximum Gasteiger partial charge on any atom is 0.261 e. The fourth-order valence-corrected chi connectivity index (χ4v) is 3.21. The van der Waals surface area contributed by atoms with E-state index in [4.69, 9.17) is 4.98 Å². The minimum atomic E-state index is -0.273. The lowest BCUT2D eigenvalue weighted by Gasteiger charge is -2.11. The number of rotatable bonds is 1. The third-order valence-corrected chi connectivity index (χ3v) is 4.61. The van der Waals surface area contributed by atoms with E-state index in [-0.39, 0.29) is 11.4 Å². The summed E-state index contributed by atoms with van der Waals surface area (Å²) in [6.07, 6.45) is 0.756. The Kier molecular flexibility index (Phi) is 3.65. The lowest BCUT2D eigenvalue weighted by molar-refractivity contribution is 0.341. The van der Waals surface area contributed by atoms with Gasteiger partial charge in [-0.15, -0.1) is 0 Å². The molecule has 4 nitrogen and oxygen atoms in total. The van der Waals surface area contributed by atoms with Crippen LogP contribution in [-0.2, 0) is 13.0 Å². The van der Waals surface area contributed by atoms with Crippen LogP contribution in [0.1, 0.15) is 5.82 Å². The molecule has 0 fully saturated rings. The van der Waals surface area contributed by atoms with Gasteiger partial charge in [0, 0.05) is 26.1 Å². The molecule has 0 saturated heterocycles. The Morgan fingerprint density at radius 3 is 2.71 bits per heavy atom. The average molecular weight is 323 g/mol. The van der Waals surface area contributed by atoms with Gasteiger partial charge >= 0.3 is 0 Å². The minimum Gasteiger partial charge on any atom is -0.304 e. The lowest BCUT2D eigenvalue weighted by Crippen LogP contribution is -2.27. The molecule has 0 radical (unpaired) electrons. The number of hydrogen-bond acceptors (Lipinski definition) is 3. The number of halogens is 1. The van der Waals surface area contributed by atoms with Crippen molar-refractivity contribution in [2.45, 2.75) is 13.0 Å². The van der Waals surface area contributed by atoms with Crippen molar-refractivity contribution in [3.63, 3.8) is 0 Å². The van der Waals surface area contributed by atoms with Crippen LogP contribution in [-0.4, -0.2) is 34.6 Å². The molecular weight excluding hydrogens is 305 g/mol. The molecule has 5 heteroatoms. The standard InChI is InChI=1S/C19H18FN3O/c1-22-8-7-18-21-17-12-14(13-3-2-4-15(20)11-13)5-6-16(17)19(24)23(18)10-9-22/h2-6,11-12H,7-10H2,1H3. The van der Waals surface area contributed by atoms with Crippen molar-refractivity contribution in [1.82, 2.24) is 14.5 Å². The summed E-state index contributed by atoms with van der Waals surface area (Å²) in [6, 6.07) is 12.0. The van der Waals surface area contributed by atoms with Gasteiger partial charge in [0.15, 0.2) is 0 Å². The Bertz CT molecular complexity index is 980. The van der Waals surface area contributed by atoms with Crippen molar-refractivity contribution in [1.29, 1.82) is 0 Å². The van der Waals surface area contributed by atoms with Gasteiger partial charge < -0.3 is 4.90 Å². The smallest absolute Gasteiger partial charge is 0.261 e. The molecule has 1 aliphatic heterocycles. The summed E-state index contributed by atoms with van der Waals surface area (Å²) in [6.45, 7) is 2.41. The maximum atomic E-state index is 13.5. The van der Waals surface area contributed by atoms with Crippen LogP contribution in [0.15, 0.2) is 47.3 Å². The zero-order valence-electron chi connectivity index (χ0n) is 13.5. The van der Waals surface area contributed by atoms with E-state index in [0.717, 1.165) is 36.5 Å². The number of hydrogen-bond donors (Lipinski definition) is 0. The van der Waals surface area contributed by atoms with Crippen molar-refractivity contribution in [3.8, 4) is 11.1 Å². The second-order valence-corrected chi connectivity index (χ2v) is 6.28. The molecule has 0 amide bonds. The highest BCUT2D eigenvalue weighted by molar-refractivity contribution is 5.83. The SMILES string of the molecule is CN1CCc2nc3cc(-c4cccc(F)c4)ccc3c(=O)n2CC1. The first-order valence-electron chi connectivity index (χ1n) is 8.10. The summed E-state index contributed by atoms with van der Waals surface area (Å²) in [5, 5.41) is 0.614. The van der Waals surface area contributed by atoms with Crippen molar-refractivity contribution < 1.29 is 4.39 Å². The van der Waals surface area contributed by atoms with Crippen LogP contribution in [0.5, 0.6) is 0 Å². The predicted octanol–water partition coefficient (Wildman–Crippen LogP) is 2.69. The molecule has 1 aromatic heterocycles. The van der Waals surface area contributed by atoms with Gasteiger partial charge in [0.2, 0.25) is 0 Å². The number of fused-ring (bicyclic) bond motifs is 2. The monoisotopic (exact) mass is 323 g/mol. The predicted molar refractivity (Wildman–Crippen MR) is 92.6 cm³/mol. The van der Waals surface area contributed by atoms with Crippen LogP contribution >= 0.6 is 0 Å². The van der Waals surface area contributed by atoms with E-state index in [1.807, 2.05) is 18.2 Å². The molecule has 0 unspecified atom stereocenters. The van der Waals surface area contributed by atoms with E-state index in [9.17, 15) is 9.18 Å². The molecule has 0 N–H and O–H groups in total. The molecule has 0 bridgehead atoms. The van der Waals surface area contributed by atoms with Crippen LogP contribution in [0.2, 0.25) is 0 Å². The highest BCUT2D eigenvalue weighted by Gasteiger charge is 2.16. The van der Waals surface area contributed by atoms with Gasteiger partial charge in [0.1, 0.15) is 11.6 Å². The molecule has 3 aromatic rings. The first-order valence-corrected chi connectivity index (χ1v) is 8.10. The summed E-state index contributed by atoms with van der Waals surface area (Å²) in [4.78, 5) is 19.7. The quantitative estimate of drug-likeness (QED) is 0.691. The van der Waals surface area contributed by atoms with E-state index < -0.39 is 0 Å². The van der Waals surface area contributed by atoms with E-state index in [1.165, 1.54) is 12.1 Å². The van der Waals surface area contributed by atoms with Crippen LogP contribution in [0.3, 0.4) is 0 Å². The molecule has 0 saturated carbocycles. The van der Waals surface area contributed by atoms with E-state index in [2.05, 4.69) is 11.9 Å². The van der Waals surface area contributed by atoms with Gasteiger partial charge in [-0.25, -0.2) is 9.37 Å². The van der Waals surface area contributed by atoms with Crippen LogP contribution in [0.25, 0.3) is 22.0 Å². The van der Waals surface area contributed by atoms with Gasteiger partial charge in [0.05, 0.1) is 10.9 Å². The molecule has 0 atom stereocenters. The Labute approximate surface area is 139 Å². The molecule has 1 aliphatic rings. The van der Waals surface area contributed by atoms with Crippen molar-refractivity contribution in [3.05, 3.63) is 64.5 Å². The van der Waals surface area contributed by atoms with Gasteiger partial charge in [0.25, 0.3) is 5.56 Å². The third-order valence-electron chi connectivity index (χ3n) is 4.61. The lowest BCUT2D eigenvalue weighted by atomic mass is 10.0. The minimum absolute atomic E-state index is 0.0103. The summed E-state index contributed by atoms with van der Waals surface area (Å²) in [5.74, 6) is 0.554. The number of aromatic nitrogens is 2. The molecule has 2 heterocycles. The molecule has 2 aromatic carbocycles.